The molecule has 3 rings (SSSR count). The third-order valence-corrected chi connectivity index (χ3v) is 3.85. The van der Waals surface area contributed by atoms with Gasteiger partial charge in [0.25, 0.3) is 0 Å². The number of nitrogens with zero attached hydrogens (tertiary/aromatic N) is 1. The van der Waals surface area contributed by atoms with Crippen LogP contribution in [0.15, 0.2) is 65.6 Å². The van der Waals surface area contributed by atoms with Crippen LogP contribution >= 0.6 is 0 Å². The molecule has 0 aliphatic carbocycles. The van der Waals surface area contributed by atoms with Crippen molar-refractivity contribution in [3.05, 3.63) is 93.9 Å². The van der Waals surface area contributed by atoms with Crippen molar-refractivity contribution in [2.75, 3.05) is 0 Å². The second kappa shape index (κ2) is 6.86. The summed E-state index contributed by atoms with van der Waals surface area (Å²) in [5, 5.41) is 20.3. The molecule has 6 heteroatoms. The molecule has 0 aliphatic heterocycles. The first kappa shape index (κ1) is 16.9. The molecule has 1 unspecified atom stereocenters. The number of rotatable bonds is 4. The van der Waals surface area contributed by atoms with Gasteiger partial charge in [0.05, 0.1) is 18.0 Å². The Morgan fingerprint density at radius 3 is 2.40 bits per heavy atom. The fourth-order valence-electron chi connectivity index (χ4n) is 2.60. The first-order chi connectivity index (χ1) is 12.0. The maximum absolute atomic E-state index is 13.3. The van der Waals surface area contributed by atoms with E-state index in [1.807, 2.05) is 6.07 Å². The fraction of sp³-hybridized carbons (Fsp3) is 0.105. The van der Waals surface area contributed by atoms with Crippen LogP contribution in [0.2, 0.25) is 0 Å². The number of para-hydroxylation sites is 1. The van der Waals surface area contributed by atoms with E-state index in [2.05, 4.69) is 0 Å². The molecule has 4 nitrogen and oxygen atoms in total. The predicted molar refractivity (Wildman–Crippen MR) is 88.7 cm³/mol. The van der Waals surface area contributed by atoms with Crippen molar-refractivity contribution >= 4 is 0 Å². The molecule has 0 amide bonds. The van der Waals surface area contributed by atoms with Gasteiger partial charge in [-0.2, -0.15) is 0 Å². The van der Waals surface area contributed by atoms with Crippen LogP contribution in [0.4, 0.5) is 8.78 Å². The first-order valence-corrected chi connectivity index (χ1v) is 7.58. The van der Waals surface area contributed by atoms with E-state index in [0.717, 1.165) is 18.2 Å². The first-order valence-electron chi connectivity index (χ1n) is 7.58. The van der Waals surface area contributed by atoms with Crippen molar-refractivity contribution in [2.45, 2.75) is 12.5 Å². The van der Waals surface area contributed by atoms with Gasteiger partial charge in [-0.25, -0.2) is 8.78 Å². The van der Waals surface area contributed by atoms with E-state index < -0.39 is 28.9 Å². The molecule has 0 bridgehead atoms. The number of pyridine rings is 1. The van der Waals surface area contributed by atoms with Gasteiger partial charge in [-0.05, 0) is 29.8 Å². The molecule has 1 atom stereocenters. The van der Waals surface area contributed by atoms with Crippen molar-refractivity contribution in [3.63, 3.8) is 0 Å². The summed E-state index contributed by atoms with van der Waals surface area (Å²) in [6.07, 6.45) is 0.0498. The molecule has 2 N–H and O–H groups in total. The highest BCUT2D eigenvalue weighted by Gasteiger charge is 2.17. The molecular formula is C19H15F2NO3. The normalized spacial score (nSPS) is 12.1. The van der Waals surface area contributed by atoms with Gasteiger partial charge in [0.2, 0.25) is 5.43 Å². The van der Waals surface area contributed by atoms with E-state index >= 15 is 0 Å². The lowest BCUT2D eigenvalue weighted by Crippen LogP contribution is -2.16. The van der Waals surface area contributed by atoms with E-state index in [1.54, 1.807) is 24.3 Å². The Bertz CT molecular complexity index is 955. The smallest absolute Gasteiger partial charge is 0.223 e. The van der Waals surface area contributed by atoms with Gasteiger partial charge in [-0.3, -0.25) is 4.79 Å². The SMILES string of the molecule is O=c1cc(C(O)Cc2ccc(F)c(F)c2)n(-c2ccccc2)cc1O. The Hall–Kier alpha value is -2.99. The number of halogens is 2. The van der Waals surface area contributed by atoms with Crippen molar-refractivity contribution in [3.8, 4) is 11.4 Å². The zero-order chi connectivity index (χ0) is 18.0. The summed E-state index contributed by atoms with van der Waals surface area (Å²) in [6.45, 7) is 0. The summed E-state index contributed by atoms with van der Waals surface area (Å²) < 4.78 is 27.9. The lowest BCUT2D eigenvalue weighted by Gasteiger charge is -2.18. The maximum Gasteiger partial charge on any atom is 0.223 e. The highest BCUT2D eigenvalue weighted by atomic mass is 19.2. The lowest BCUT2D eigenvalue weighted by atomic mass is 10.0. The van der Waals surface area contributed by atoms with Crippen molar-refractivity contribution < 1.29 is 19.0 Å². The Kier molecular flexibility index (Phi) is 4.63. The molecule has 0 spiro atoms. The molecule has 0 aliphatic rings. The van der Waals surface area contributed by atoms with E-state index in [9.17, 15) is 23.8 Å². The summed E-state index contributed by atoms with van der Waals surface area (Å²) in [5.41, 5.74) is 0.619. The van der Waals surface area contributed by atoms with E-state index in [-0.39, 0.29) is 12.1 Å². The number of hydrogen-bond donors (Lipinski definition) is 2. The van der Waals surface area contributed by atoms with Crippen molar-refractivity contribution in [1.29, 1.82) is 0 Å². The van der Waals surface area contributed by atoms with Gasteiger partial charge in [0.15, 0.2) is 17.4 Å². The van der Waals surface area contributed by atoms with Crippen LogP contribution < -0.4 is 5.43 Å². The van der Waals surface area contributed by atoms with E-state index in [0.29, 0.717) is 11.3 Å². The Labute approximate surface area is 142 Å². The third kappa shape index (κ3) is 3.59. The number of hydrogen-bond acceptors (Lipinski definition) is 3. The molecule has 0 saturated heterocycles. The molecule has 1 aromatic heterocycles. The summed E-state index contributed by atoms with van der Waals surface area (Å²) >= 11 is 0. The number of aromatic nitrogens is 1. The van der Waals surface area contributed by atoms with Crippen molar-refractivity contribution in [2.24, 2.45) is 0 Å². The monoisotopic (exact) mass is 343 g/mol. The van der Waals surface area contributed by atoms with Gasteiger partial charge < -0.3 is 14.8 Å². The molecule has 3 aromatic rings. The summed E-state index contributed by atoms with van der Waals surface area (Å²) in [7, 11) is 0. The third-order valence-electron chi connectivity index (χ3n) is 3.85. The zero-order valence-corrected chi connectivity index (χ0v) is 13.1. The van der Waals surface area contributed by atoms with Crippen LogP contribution in [-0.2, 0) is 6.42 Å². The Morgan fingerprint density at radius 2 is 1.72 bits per heavy atom. The highest BCUT2D eigenvalue weighted by molar-refractivity contribution is 5.37. The zero-order valence-electron chi connectivity index (χ0n) is 13.1. The molecular weight excluding hydrogens is 328 g/mol. The van der Waals surface area contributed by atoms with Crippen molar-refractivity contribution in [1.82, 2.24) is 4.57 Å². The van der Waals surface area contributed by atoms with Gasteiger partial charge in [0.1, 0.15) is 0 Å². The maximum atomic E-state index is 13.3. The van der Waals surface area contributed by atoms with E-state index in [1.165, 1.54) is 16.8 Å². The topological polar surface area (TPSA) is 62.5 Å². The molecule has 0 fully saturated rings. The Morgan fingerprint density at radius 1 is 1.00 bits per heavy atom. The van der Waals surface area contributed by atoms with Gasteiger partial charge in [0, 0.05) is 18.2 Å². The largest absolute Gasteiger partial charge is 0.503 e. The van der Waals surface area contributed by atoms with Crippen LogP contribution in [0.25, 0.3) is 5.69 Å². The molecule has 128 valence electrons. The minimum atomic E-state index is -1.15. The predicted octanol–water partition coefficient (Wildman–Crippen LogP) is 3.10. The standard InChI is InChI=1S/C19H15F2NO3/c20-14-7-6-12(8-15(14)21)9-17(23)16-10-18(24)19(25)11-22(16)13-4-2-1-3-5-13/h1-8,10-11,17,23,25H,9H2. The van der Waals surface area contributed by atoms with Gasteiger partial charge in [-0.15, -0.1) is 0 Å². The fourth-order valence-corrected chi connectivity index (χ4v) is 2.60. The molecule has 0 saturated carbocycles. The second-order valence-corrected chi connectivity index (χ2v) is 5.62. The second-order valence-electron chi connectivity index (χ2n) is 5.62. The van der Waals surface area contributed by atoms with E-state index in [4.69, 9.17) is 0 Å². The number of aromatic hydroxyl groups is 1. The lowest BCUT2D eigenvalue weighted by molar-refractivity contribution is 0.170. The van der Waals surface area contributed by atoms with Crippen LogP contribution in [0, 0.1) is 11.6 Å². The minimum absolute atomic E-state index is 0.0196. The molecule has 2 aromatic carbocycles. The minimum Gasteiger partial charge on any atom is -0.503 e. The molecule has 0 radical (unpaired) electrons. The summed E-state index contributed by atoms with van der Waals surface area (Å²) in [5.74, 6) is -2.42. The van der Waals surface area contributed by atoms with Crippen LogP contribution in [-0.4, -0.2) is 14.8 Å². The summed E-state index contributed by atoms with van der Waals surface area (Å²) in [6, 6.07) is 13.3. The van der Waals surface area contributed by atoms with Gasteiger partial charge >= 0.3 is 0 Å². The summed E-state index contributed by atoms with van der Waals surface area (Å²) in [4.78, 5) is 11.8. The van der Waals surface area contributed by atoms with Crippen LogP contribution in [0.1, 0.15) is 17.4 Å². The average molecular weight is 343 g/mol. The highest BCUT2D eigenvalue weighted by Crippen LogP contribution is 2.23. The molecule has 1 heterocycles. The van der Waals surface area contributed by atoms with Gasteiger partial charge in [-0.1, -0.05) is 24.3 Å². The number of aliphatic hydroxyl groups excluding tert-OH is 1. The number of aliphatic hydroxyl groups is 1. The number of benzene rings is 2. The van der Waals surface area contributed by atoms with Crippen LogP contribution in [0.5, 0.6) is 5.75 Å². The average Bonchev–Trinajstić information content (AvgIpc) is 2.61. The van der Waals surface area contributed by atoms with Crippen LogP contribution in [0.3, 0.4) is 0 Å². The quantitative estimate of drug-likeness (QED) is 0.765. The Balaban J connectivity index is 2.01. The molecule has 25 heavy (non-hydrogen) atoms.